The third kappa shape index (κ3) is 7.22. The molecule has 1 aliphatic rings. The first-order valence-electron chi connectivity index (χ1n) is 15.7. The normalized spacial score (nSPS) is 15.3. The highest BCUT2D eigenvalue weighted by atomic mass is 35.5. The van der Waals surface area contributed by atoms with Crippen LogP contribution in [0.5, 0.6) is 0 Å². The van der Waals surface area contributed by atoms with E-state index in [1.54, 1.807) is 77.8 Å². The summed E-state index contributed by atoms with van der Waals surface area (Å²) in [6, 6.07) is 22.4. The summed E-state index contributed by atoms with van der Waals surface area (Å²) in [5, 5.41) is 4.31. The van der Waals surface area contributed by atoms with Crippen LogP contribution in [0.25, 0.3) is 22.2 Å². The molecule has 0 spiro atoms. The fraction of sp³-hybridized carbons (Fsp3) is 0.278. The largest absolute Gasteiger partial charge is 0.460 e. The van der Waals surface area contributed by atoms with Gasteiger partial charge in [0, 0.05) is 41.8 Å². The maximum atomic E-state index is 13.6. The van der Waals surface area contributed by atoms with E-state index in [9.17, 15) is 18.0 Å². The zero-order valence-electron chi connectivity index (χ0n) is 26.9. The van der Waals surface area contributed by atoms with Crippen LogP contribution in [0.15, 0.2) is 96.2 Å². The lowest BCUT2D eigenvalue weighted by Gasteiger charge is -2.33. The van der Waals surface area contributed by atoms with Crippen LogP contribution in [0.1, 0.15) is 49.5 Å². The van der Waals surface area contributed by atoms with Crippen LogP contribution in [0.3, 0.4) is 0 Å². The number of amides is 1. The molecule has 3 aromatic carbocycles. The van der Waals surface area contributed by atoms with E-state index in [1.165, 1.54) is 10.2 Å². The molecule has 1 fully saturated rings. The highest BCUT2D eigenvalue weighted by molar-refractivity contribution is 7.90. The first kappa shape index (κ1) is 33.2. The van der Waals surface area contributed by atoms with Crippen molar-refractivity contribution in [3.63, 3.8) is 0 Å². The molecule has 0 saturated carbocycles. The fourth-order valence-corrected chi connectivity index (χ4v) is 7.41. The zero-order chi connectivity index (χ0) is 34.1. The van der Waals surface area contributed by atoms with Gasteiger partial charge in [0.2, 0.25) is 5.95 Å². The van der Waals surface area contributed by atoms with Gasteiger partial charge in [-0.05, 0) is 69.5 Å². The number of anilines is 1. The van der Waals surface area contributed by atoms with Gasteiger partial charge in [-0.3, -0.25) is 9.59 Å². The molecule has 10 nitrogen and oxygen atoms in total. The number of esters is 1. The molecule has 1 atom stereocenters. The summed E-state index contributed by atoms with van der Waals surface area (Å²) in [7, 11) is -3.89. The molecular formula is C36H36ClN5O5S. The number of likely N-dealkylation sites (tertiary alicyclic amines) is 1. The van der Waals surface area contributed by atoms with Crippen molar-refractivity contribution in [2.24, 2.45) is 0 Å². The van der Waals surface area contributed by atoms with E-state index in [-0.39, 0.29) is 34.3 Å². The number of benzene rings is 3. The Morgan fingerprint density at radius 2 is 1.71 bits per heavy atom. The number of nitrogens with zero attached hydrogens (tertiary/aromatic N) is 4. The fourth-order valence-electron chi connectivity index (χ4n) is 5.82. The summed E-state index contributed by atoms with van der Waals surface area (Å²) >= 11 is 6.62. The van der Waals surface area contributed by atoms with Crippen molar-refractivity contribution in [1.29, 1.82) is 0 Å². The number of carbonyl (C=O) groups is 2. The Bertz CT molecular complexity index is 2080. The molecule has 0 bridgehead atoms. The number of rotatable bonds is 8. The highest BCUT2D eigenvalue weighted by Gasteiger charge is 2.27. The Morgan fingerprint density at radius 1 is 1.00 bits per heavy atom. The number of hydrogen-bond acceptors (Lipinski definition) is 8. The van der Waals surface area contributed by atoms with Crippen LogP contribution < -0.4 is 5.32 Å². The van der Waals surface area contributed by atoms with Crippen LogP contribution in [-0.4, -0.2) is 63.9 Å². The number of hydrogen-bond donors (Lipinski definition) is 1. The SMILES string of the molecule is CC(C)(C)OC(=O)Cc1ccc(C(=O)N2CCCC(Nc3ncc(Cl)c(-c4cn(S(=O)(=O)c5ccccc5)c5ccccc45)n3)C2)cc1. The standard InChI is InChI=1S/C36H36ClN5O5S/c1-36(2,3)47-32(43)20-24-15-17-25(18-16-24)34(44)41-19-9-10-26(22-41)39-35-38-21-30(37)33(40-35)29-23-42(31-14-8-7-13-28(29)31)48(45,46)27-11-5-4-6-12-27/h4-8,11-18,21,23,26H,9-10,19-20,22H2,1-3H3,(H,38,39,40). The van der Waals surface area contributed by atoms with Crippen LogP contribution in [0.4, 0.5) is 5.95 Å². The topological polar surface area (TPSA) is 123 Å². The molecule has 0 radical (unpaired) electrons. The first-order chi connectivity index (χ1) is 22.9. The lowest BCUT2D eigenvalue weighted by molar-refractivity contribution is -0.153. The third-order valence-corrected chi connectivity index (χ3v) is 9.95. The Hall–Kier alpha value is -4.74. The minimum absolute atomic E-state index is 0.101. The molecule has 1 N–H and O–H groups in total. The van der Waals surface area contributed by atoms with E-state index in [0.717, 1.165) is 18.4 Å². The van der Waals surface area contributed by atoms with Gasteiger partial charge in [0.05, 0.1) is 33.7 Å². The molecule has 12 heteroatoms. The number of aromatic nitrogens is 3. The number of fused-ring (bicyclic) bond motifs is 1. The molecule has 1 amide bonds. The zero-order valence-corrected chi connectivity index (χ0v) is 28.5. The minimum Gasteiger partial charge on any atom is -0.460 e. The second kappa shape index (κ2) is 13.4. The molecule has 1 saturated heterocycles. The summed E-state index contributed by atoms with van der Waals surface area (Å²) in [6.45, 7) is 6.53. The number of piperidine rings is 1. The van der Waals surface area contributed by atoms with E-state index in [4.69, 9.17) is 21.3 Å². The Labute approximate surface area is 284 Å². The molecular weight excluding hydrogens is 650 g/mol. The molecule has 5 aromatic rings. The lowest BCUT2D eigenvalue weighted by atomic mass is 10.0. The molecule has 2 aromatic heterocycles. The van der Waals surface area contributed by atoms with Crippen molar-refractivity contribution in [2.45, 2.75) is 56.6 Å². The molecule has 3 heterocycles. The molecule has 6 rings (SSSR count). The Morgan fingerprint density at radius 3 is 2.44 bits per heavy atom. The van der Waals surface area contributed by atoms with Gasteiger partial charge in [0.25, 0.3) is 15.9 Å². The van der Waals surface area contributed by atoms with Crippen molar-refractivity contribution in [2.75, 3.05) is 18.4 Å². The lowest BCUT2D eigenvalue weighted by Crippen LogP contribution is -2.45. The molecule has 248 valence electrons. The van der Waals surface area contributed by atoms with Gasteiger partial charge in [-0.15, -0.1) is 0 Å². The maximum Gasteiger partial charge on any atom is 0.310 e. The van der Waals surface area contributed by atoms with E-state index < -0.39 is 15.6 Å². The predicted molar refractivity (Wildman–Crippen MR) is 186 cm³/mol. The van der Waals surface area contributed by atoms with Crippen molar-refractivity contribution in [1.82, 2.24) is 18.8 Å². The summed E-state index contributed by atoms with van der Waals surface area (Å²) in [4.78, 5) is 36.7. The number of ether oxygens (including phenoxy) is 1. The van der Waals surface area contributed by atoms with Crippen molar-refractivity contribution in [3.8, 4) is 11.3 Å². The minimum atomic E-state index is -3.89. The number of halogens is 1. The summed E-state index contributed by atoms with van der Waals surface area (Å²) < 4.78 is 33.9. The van der Waals surface area contributed by atoms with Gasteiger partial charge in [-0.1, -0.05) is 60.1 Å². The second-order valence-corrected chi connectivity index (χ2v) is 15.0. The van der Waals surface area contributed by atoms with Crippen LogP contribution >= 0.6 is 11.6 Å². The third-order valence-electron chi connectivity index (χ3n) is 7.99. The van der Waals surface area contributed by atoms with Gasteiger partial charge < -0.3 is 15.0 Å². The average Bonchev–Trinajstić information content (AvgIpc) is 3.46. The first-order valence-corrected chi connectivity index (χ1v) is 17.5. The summed E-state index contributed by atoms with van der Waals surface area (Å²) in [5.74, 6) is -0.0968. The van der Waals surface area contributed by atoms with Gasteiger partial charge >= 0.3 is 5.97 Å². The smallest absolute Gasteiger partial charge is 0.310 e. The van der Waals surface area contributed by atoms with Gasteiger partial charge in [-0.25, -0.2) is 22.4 Å². The summed E-state index contributed by atoms with van der Waals surface area (Å²) in [5.41, 5.74) is 2.20. The average molecular weight is 686 g/mol. The predicted octanol–water partition coefficient (Wildman–Crippen LogP) is 6.59. The summed E-state index contributed by atoms with van der Waals surface area (Å²) in [6.07, 6.45) is 4.76. The van der Waals surface area contributed by atoms with Crippen LogP contribution in [-0.2, 0) is 26.0 Å². The Kier molecular flexibility index (Phi) is 9.26. The molecule has 1 unspecified atom stereocenters. The number of nitrogens with one attached hydrogen (secondary N) is 1. The van der Waals surface area contributed by atoms with Crippen LogP contribution in [0, 0.1) is 0 Å². The van der Waals surface area contributed by atoms with Crippen molar-refractivity contribution in [3.05, 3.63) is 107 Å². The van der Waals surface area contributed by atoms with E-state index in [0.29, 0.717) is 46.8 Å². The monoisotopic (exact) mass is 685 g/mol. The molecule has 0 aliphatic carbocycles. The van der Waals surface area contributed by atoms with E-state index in [2.05, 4.69) is 10.3 Å². The highest BCUT2D eigenvalue weighted by Crippen LogP contribution is 2.36. The number of para-hydroxylation sites is 1. The quantitative estimate of drug-likeness (QED) is 0.182. The van der Waals surface area contributed by atoms with Gasteiger partial charge in [0.15, 0.2) is 0 Å². The van der Waals surface area contributed by atoms with Crippen molar-refractivity contribution < 1.29 is 22.7 Å². The Balaban J connectivity index is 1.19. The van der Waals surface area contributed by atoms with Crippen LogP contribution in [0.2, 0.25) is 5.02 Å². The van der Waals surface area contributed by atoms with Gasteiger partial charge in [-0.2, -0.15) is 0 Å². The van der Waals surface area contributed by atoms with E-state index >= 15 is 0 Å². The molecule has 48 heavy (non-hydrogen) atoms. The second-order valence-electron chi connectivity index (χ2n) is 12.8. The molecule has 1 aliphatic heterocycles. The van der Waals surface area contributed by atoms with Crippen molar-refractivity contribution >= 4 is 50.4 Å². The van der Waals surface area contributed by atoms with E-state index in [1.807, 2.05) is 32.9 Å². The van der Waals surface area contributed by atoms with Gasteiger partial charge in [0.1, 0.15) is 5.60 Å². The maximum absolute atomic E-state index is 13.6. The number of carbonyl (C=O) groups excluding carboxylic acids is 2.